The first-order valence-corrected chi connectivity index (χ1v) is 9.11. The number of hydrogen-bond donors (Lipinski definition) is 0. The summed E-state index contributed by atoms with van der Waals surface area (Å²) in [6, 6.07) is 18.2. The first-order chi connectivity index (χ1) is 12.5. The van der Waals surface area contributed by atoms with Crippen molar-refractivity contribution in [1.29, 1.82) is 0 Å². The molecule has 1 fully saturated rings. The zero-order valence-electron chi connectivity index (χ0n) is 16.3. The maximum atomic E-state index is 13.4. The van der Waals surface area contributed by atoms with Crippen molar-refractivity contribution in [3.8, 4) is 5.75 Å². The van der Waals surface area contributed by atoms with Gasteiger partial charge in [-0.15, -0.1) is 12.4 Å². The van der Waals surface area contributed by atoms with E-state index in [4.69, 9.17) is 4.74 Å². The van der Waals surface area contributed by atoms with Crippen LogP contribution in [0.25, 0.3) is 6.08 Å². The molecule has 1 atom stereocenters. The molecule has 0 N–H and O–H groups in total. The topological polar surface area (TPSA) is 29.5 Å². The lowest BCUT2D eigenvalue weighted by Crippen LogP contribution is -2.39. The Kier molecular flexibility index (Phi) is 7.23. The van der Waals surface area contributed by atoms with Gasteiger partial charge in [-0.05, 0) is 56.6 Å². The smallest absolute Gasteiger partial charge is 0.166 e. The van der Waals surface area contributed by atoms with Crippen molar-refractivity contribution in [2.24, 2.45) is 5.41 Å². The lowest BCUT2D eigenvalue weighted by atomic mass is 9.78. The molecular weight excluding hydrogens is 358 g/mol. The number of carbonyl (C=O) groups excluding carboxylic acids is 1. The molecule has 0 bridgehead atoms. The Morgan fingerprint density at radius 2 is 1.74 bits per heavy atom. The molecule has 0 aromatic heterocycles. The van der Waals surface area contributed by atoms with Gasteiger partial charge in [-0.2, -0.15) is 0 Å². The van der Waals surface area contributed by atoms with Crippen LogP contribution in [0.1, 0.15) is 24.0 Å². The SMILES string of the molecule is COc1ccccc1/C=C1\CCC(Cc2ccccc2)(CN(C)C)C1=O.Cl. The van der Waals surface area contributed by atoms with E-state index in [0.29, 0.717) is 0 Å². The van der Waals surface area contributed by atoms with E-state index >= 15 is 0 Å². The normalized spacial score (nSPS) is 20.7. The number of ketones is 1. The Labute approximate surface area is 168 Å². The molecule has 27 heavy (non-hydrogen) atoms. The van der Waals surface area contributed by atoms with Crippen LogP contribution in [-0.2, 0) is 11.2 Å². The van der Waals surface area contributed by atoms with Gasteiger partial charge in [0.15, 0.2) is 5.78 Å². The summed E-state index contributed by atoms with van der Waals surface area (Å²) < 4.78 is 5.44. The van der Waals surface area contributed by atoms with Crippen LogP contribution in [0.15, 0.2) is 60.2 Å². The molecule has 0 heterocycles. The summed E-state index contributed by atoms with van der Waals surface area (Å²) >= 11 is 0. The van der Waals surface area contributed by atoms with E-state index in [1.807, 2.05) is 62.6 Å². The van der Waals surface area contributed by atoms with Crippen LogP contribution in [0.3, 0.4) is 0 Å². The van der Waals surface area contributed by atoms with Crippen LogP contribution in [-0.4, -0.2) is 38.4 Å². The second-order valence-corrected chi connectivity index (χ2v) is 7.42. The van der Waals surface area contributed by atoms with Gasteiger partial charge in [0.2, 0.25) is 0 Å². The van der Waals surface area contributed by atoms with Crippen LogP contribution >= 0.6 is 12.4 Å². The van der Waals surface area contributed by atoms with Crippen LogP contribution in [0.5, 0.6) is 5.75 Å². The minimum Gasteiger partial charge on any atom is -0.496 e. The number of hydrogen-bond acceptors (Lipinski definition) is 3. The van der Waals surface area contributed by atoms with E-state index < -0.39 is 0 Å². The Balaban J connectivity index is 0.00000261. The number of ether oxygens (including phenoxy) is 1. The molecule has 3 rings (SSSR count). The molecule has 0 radical (unpaired) electrons. The monoisotopic (exact) mass is 385 g/mol. The minimum absolute atomic E-state index is 0. The summed E-state index contributed by atoms with van der Waals surface area (Å²) in [5.41, 5.74) is 2.76. The maximum Gasteiger partial charge on any atom is 0.166 e. The van der Waals surface area contributed by atoms with Crippen molar-refractivity contribution in [2.75, 3.05) is 27.7 Å². The van der Waals surface area contributed by atoms with Crippen molar-refractivity contribution in [2.45, 2.75) is 19.3 Å². The summed E-state index contributed by atoms with van der Waals surface area (Å²) in [6.07, 6.45) is 4.51. The van der Waals surface area contributed by atoms with Gasteiger partial charge in [-0.25, -0.2) is 0 Å². The number of carbonyl (C=O) groups is 1. The predicted octanol–water partition coefficient (Wildman–Crippen LogP) is 4.65. The number of rotatable bonds is 6. The third-order valence-corrected chi connectivity index (χ3v) is 5.12. The summed E-state index contributed by atoms with van der Waals surface area (Å²) in [6.45, 7) is 0.768. The standard InChI is InChI=1S/C23H27NO2.ClH/c1-24(2)17-23(16-18-9-5-4-6-10-18)14-13-20(22(23)25)15-19-11-7-8-12-21(19)26-3;/h4-12,15H,13-14,16-17H2,1-3H3;1H/b20-15+;. The zero-order valence-corrected chi connectivity index (χ0v) is 17.1. The zero-order chi connectivity index (χ0) is 18.6. The molecule has 1 aliphatic carbocycles. The molecule has 144 valence electrons. The van der Waals surface area contributed by atoms with E-state index in [1.165, 1.54) is 5.56 Å². The molecule has 1 aliphatic rings. The Morgan fingerprint density at radius 1 is 1.07 bits per heavy atom. The lowest BCUT2D eigenvalue weighted by molar-refractivity contribution is -0.123. The predicted molar refractivity (Wildman–Crippen MR) is 114 cm³/mol. The van der Waals surface area contributed by atoms with Gasteiger partial charge in [-0.1, -0.05) is 48.5 Å². The highest BCUT2D eigenvalue weighted by molar-refractivity contribution is 6.06. The fourth-order valence-corrected chi connectivity index (χ4v) is 4.02. The Bertz CT molecular complexity index is 801. The van der Waals surface area contributed by atoms with Gasteiger partial charge < -0.3 is 9.64 Å². The van der Waals surface area contributed by atoms with E-state index in [1.54, 1.807) is 7.11 Å². The van der Waals surface area contributed by atoms with Gasteiger partial charge in [-0.3, -0.25) is 4.79 Å². The van der Waals surface area contributed by atoms with E-state index in [0.717, 1.165) is 42.7 Å². The summed E-state index contributed by atoms with van der Waals surface area (Å²) in [5.74, 6) is 1.09. The molecule has 1 unspecified atom stereocenters. The summed E-state index contributed by atoms with van der Waals surface area (Å²) in [7, 11) is 5.75. The highest BCUT2D eigenvalue weighted by Gasteiger charge is 2.45. The van der Waals surface area contributed by atoms with E-state index in [-0.39, 0.29) is 23.6 Å². The lowest BCUT2D eigenvalue weighted by Gasteiger charge is -2.30. The summed E-state index contributed by atoms with van der Waals surface area (Å²) in [4.78, 5) is 15.6. The molecule has 0 saturated heterocycles. The first kappa shape index (κ1) is 21.2. The van der Waals surface area contributed by atoms with Crippen LogP contribution in [0, 0.1) is 5.41 Å². The third-order valence-electron chi connectivity index (χ3n) is 5.12. The van der Waals surface area contributed by atoms with Gasteiger partial charge in [0, 0.05) is 12.1 Å². The third kappa shape index (κ3) is 4.79. The molecule has 0 aliphatic heterocycles. The van der Waals surface area contributed by atoms with Gasteiger partial charge >= 0.3 is 0 Å². The van der Waals surface area contributed by atoms with Crippen molar-refractivity contribution < 1.29 is 9.53 Å². The Hall–Kier alpha value is -2.10. The first-order valence-electron chi connectivity index (χ1n) is 9.11. The van der Waals surface area contributed by atoms with Gasteiger partial charge in [0.05, 0.1) is 12.5 Å². The van der Waals surface area contributed by atoms with Crippen molar-refractivity contribution in [1.82, 2.24) is 4.90 Å². The largest absolute Gasteiger partial charge is 0.496 e. The fourth-order valence-electron chi connectivity index (χ4n) is 4.02. The molecule has 2 aromatic carbocycles. The molecule has 1 saturated carbocycles. The molecule has 4 heteroatoms. The van der Waals surface area contributed by atoms with Crippen LogP contribution in [0.4, 0.5) is 0 Å². The second kappa shape index (κ2) is 9.20. The van der Waals surface area contributed by atoms with E-state index in [2.05, 4.69) is 17.0 Å². The summed E-state index contributed by atoms with van der Waals surface area (Å²) in [5, 5.41) is 0. The quantitative estimate of drug-likeness (QED) is 0.677. The second-order valence-electron chi connectivity index (χ2n) is 7.42. The van der Waals surface area contributed by atoms with Crippen LogP contribution < -0.4 is 4.74 Å². The number of para-hydroxylation sites is 1. The maximum absolute atomic E-state index is 13.4. The number of methoxy groups -OCH3 is 1. The van der Waals surface area contributed by atoms with Crippen molar-refractivity contribution in [3.05, 3.63) is 71.3 Å². The van der Waals surface area contributed by atoms with Gasteiger partial charge in [0.1, 0.15) is 5.75 Å². The molecule has 3 nitrogen and oxygen atoms in total. The molecule has 0 amide bonds. The fraction of sp³-hybridized carbons (Fsp3) is 0.348. The number of allylic oxidation sites excluding steroid dienone is 1. The van der Waals surface area contributed by atoms with Gasteiger partial charge in [0.25, 0.3) is 0 Å². The minimum atomic E-state index is -0.349. The number of nitrogens with zero attached hydrogens (tertiary/aromatic N) is 1. The van der Waals surface area contributed by atoms with Crippen LogP contribution in [0.2, 0.25) is 0 Å². The number of halogens is 1. The highest BCUT2D eigenvalue weighted by Crippen LogP contribution is 2.42. The number of Topliss-reactive ketones (excluding diaryl/α,β-unsaturated/α-hetero) is 1. The van der Waals surface area contributed by atoms with E-state index in [9.17, 15) is 4.79 Å². The molecule has 2 aromatic rings. The molecular formula is C23H28ClNO2. The Morgan fingerprint density at radius 3 is 2.41 bits per heavy atom. The highest BCUT2D eigenvalue weighted by atomic mass is 35.5. The molecule has 0 spiro atoms. The number of benzene rings is 2. The van der Waals surface area contributed by atoms with Crippen molar-refractivity contribution in [3.63, 3.8) is 0 Å². The van der Waals surface area contributed by atoms with Crippen molar-refractivity contribution >= 4 is 24.3 Å². The average molecular weight is 386 g/mol. The average Bonchev–Trinajstić information content (AvgIpc) is 2.92.